The molecular weight excluding hydrogens is 291 g/mol. The Morgan fingerprint density at radius 1 is 1.33 bits per heavy atom. The Kier molecular flexibility index (Phi) is 7.33. The molecule has 0 rings (SSSR count). The summed E-state index contributed by atoms with van der Waals surface area (Å²) < 4.78 is 0.0130. The van der Waals surface area contributed by atoms with Gasteiger partial charge in [0.15, 0.2) is 0 Å². The van der Waals surface area contributed by atoms with Gasteiger partial charge in [-0.2, -0.15) is 0 Å². The van der Waals surface area contributed by atoms with Crippen molar-refractivity contribution in [3.8, 4) is 0 Å². The molecule has 0 saturated carbocycles. The van der Waals surface area contributed by atoms with E-state index < -0.39 is 0 Å². The minimum absolute atomic E-state index is 0.0130. The lowest BCUT2D eigenvalue weighted by Gasteiger charge is -2.06. The highest BCUT2D eigenvalue weighted by Gasteiger charge is 2.07. The van der Waals surface area contributed by atoms with Gasteiger partial charge in [-0.1, -0.05) is 31.9 Å². The zero-order valence-corrected chi connectivity index (χ0v) is 9.47. The van der Waals surface area contributed by atoms with Gasteiger partial charge in [-0.3, -0.25) is 0 Å². The lowest BCUT2D eigenvalue weighted by molar-refractivity contribution is 0.783. The van der Waals surface area contributed by atoms with Crippen LogP contribution in [-0.2, 0) is 0 Å². The fraction of sp³-hybridized carbons (Fsp3) is 1.00. The molecule has 0 radical (unpaired) electrons. The molecule has 0 aliphatic rings. The highest BCUT2D eigenvalue weighted by molar-refractivity contribution is 9.10. The third-order valence-corrected chi connectivity index (χ3v) is 2.26. The number of hydrogen-bond acceptors (Lipinski definition) is 0. The molecule has 0 aromatic rings. The first-order valence-corrected chi connectivity index (χ1v) is 5.56. The van der Waals surface area contributed by atoms with Crippen LogP contribution in [0.4, 0.5) is 0 Å². The average Bonchev–Trinajstić information content (AvgIpc) is 1.63. The average molecular weight is 299 g/mol. The van der Waals surface area contributed by atoms with Crippen molar-refractivity contribution in [1.29, 1.82) is 0 Å². The van der Waals surface area contributed by atoms with E-state index in [2.05, 4.69) is 31.9 Å². The fourth-order valence-corrected chi connectivity index (χ4v) is 2.51. The van der Waals surface area contributed by atoms with Crippen molar-refractivity contribution in [2.24, 2.45) is 0 Å². The van der Waals surface area contributed by atoms with Crippen LogP contribution in [0.5, 0.6) is 0 Å². The van der Waals surface area contributed by atoms with Crippen LogP contribution < -0.4 is 0 Å². The number of alkyl halides is 4. The Balaban J connectivity index is 3.15. The van der Waals surface area contributed by atoms with Crippen molar-refractivity contribution >= 4 is 55.1 Å². The van der Waals surface area contributed by atoms with Gasteiger partial charge in [-0.05, 0) is 12.8 Å². The molecule has 0 saturated heterocycles. The molecule has 0 nitrogen and oxygen atoms in total. The van der Waals surface area contributed by atoms with E-state index in [9.17, 15) is 0 Å². The van der Waals surface area contributed by atoms with Gasteiger partial charge >= 0.3 is 0 Å². The molecule has 0 aromatic heterocycles. The van der Waals surface area contributed by atoms with Gasteiger partial charge in [0.05, 0.1) is 4.29 Å². The van der Waals surface area contributed by atoms with Gasteiger partial charge < -0.3 is 0 Å². The molecule has 0 aromatic carbocycles. The van der Waals surface area contributed by atoms with E-state index >= 15 is 0 Å². The van der Waals surface area contributed by atoms with Crippen LogP contribution in [0, 0.1) is 0 Å². The lowest BCUT2D eigenvalue weighted by atomic mass is 10.3. The van der Waals surface area contributed by atoms with Crippen molar-refractivity contribution in [1.82, 2.24) is 0 Å². The molecule has 2 atom stereocenters. The maximum Gasteiger partial charge on any atom is 0.0900 e. The Morgan fingerprint density at radius 3 is 2.22 bits per heavy atom. The highest BCUT2D eigenvalue weighted by Crippen LogP contribution is 2.18. The Morgan fingerprint density at radius 2 is 1.89 bits per heavy atom. The third kappa shape index (κ3) is 7.44. The van der Waals surface area contributed by atoms with E-state index in [1.807, 2.05) is 0 Å². The van der Waals surface area contributed by atoms with Crippen molar-refractivity contribution in [2.45, 2.75) is 22.5 Å². The Labute approximate surface area is 82.5 Å². The summed E-state index contributed by atoms with van der Waals surface area (Å²) in [6.45, 7) is 0. The summed E-state index contributed by atoms with van der Waals surface area (Å²) in [5.41, 5.74) is 0. The molecule has 0 aliphatic heterocycles. The Hall–Kier alpha value is 1.54. The lowest BCUT2D eigenvalue weighted by Crippen LogP contribution is -2.03. The zero-order valence-electron chi connectivity index (χ0n) is 4.79. The number of halogens is 4. The predicted molar refractivity (Wildman–Crippen MR) is 51.2 cm³/mol. The van der Waals surface area contributed by atoms with Crippen molar-refractivity contribution in [3.63, 3.8) is 0 Å². The van der Waals surface area contributed by atoms with E-state index in [4.69, 9.17) is 23.2 Å². The second-order valence-corrected chi connectivity index (χ2v) is 5.27. The van der Waals surface area contributed by atoms with E-state index in [-0.39, 0.29) is 9.66 Å². The summed E-state index contributed by atoms with van der Waals surface area (Å²) in [5.74, 6) is 0. The monoisotopic (exact) mass is 296 g/mol. The predicted octanol–water partition coefficient (Wildman–Crippen LogP) is 3.73. The van der Waals surface area contributed by atoms with Crippen LogP contribution in [0.2, 0.25) is 0 Å². The highest BCUT2D eigenvalue weighted by atomic mass is 79.9. The summed E-state index contributed by atoms with van der Waals surface area (Å²) in [4.78, 5) is 0. The minimum Gasteiger partial charge on any atom is -0.123 e. The summed E-state index contributed by atoms with van der Waals surface area (Å²) in [7, 11) is 0. The van der Waals surface area contributed by atoms with Crippen molar-refractivity contribution in [2.75, 3.05) is 5.33 Å². The minimum atomic E-state index is 0.0130. The summed E-state index contributed by atoms with van der Waals surface area (Å²) in [6.07, 6.45) is 1.78. The quantitative estimate of drug-likeness (QED) is 0.694. The van der Waals surface area contributed by atoms with Crippen LogP contribution >= 0.6 is 55.1 Å². The van der Waals surface area contributed by atoms with Crippen molar-refractivity contribution < 1.29 is 0 Å². The molecule has 2 unspecified atom stereocenters. The standard InChI is InChI=1S/C5H8Br2Cl2/c6-2-1-4(8)3-5(7)9/h4-5H,1-3H2. The Bertz CT molecular complexity index is 68.0. The maximum absolute atomic E-state index is 5.83. The van der Waals surface area contributed by atoms with Gasteiger partial charge in [0, 0.05) is 10.7 Å². The number of hydrogen-bond donors (Lipinski definition) is 0. The van der Waals surface area contributed by atoms with Crippen LogP contribution in [0.3, 0.4) is 0 Å². The molecule has 0 spiro atoms. The molecule has 0 fully saturated rings. The molecule has 0 amide bonds. The van der Waals surface area contributed by atoms with Crippen LogP contribution in [0.25, 0.3) is 0 Å². The number of rotatable bonds is 4. The first-order chi connectivity index (χ1) is 4.16. The second-order valence-electron chi connectivity index (χ2n) is 1.70. The second kappa shape index (κ2) is 6.26. The summed E-state index contributed by atoms with van der Waals surface area (Å²) in [5, 5.41) is 1.13. The van der Waals surface area contributed by atoms with Gasteiger partial charge in [0.2, 0.25) is 0 Å². The molecule has 0 N–H and O–H groups in total. The third-order valence-electron chi connectivity index (χ3n) is 0.856. The van der Waals surface area contributed by atoms with Gasteiger partial charge in [0.1, 0.15) is 0 Å². The van der Waals surface area contributed by atoms with E-state index in [1.165, 1.54) is 0 Å². The molecule has 0 bridgehead atoms. The fourth-order valence-electron chi connectivity index (χ4n) is 0.430. The largest absolute Gasteiger partial charge is 0.123 e. The van der Waals surface area contributed by atoms with Gasteiger partial charge in [-0.25, -0.2) is 0 Å². The van der Waals surface area contributed by atoms with Crippen LogP contribution in [-0.4, -0.2) is 15.0 Å². The molecular formula is C5H8Br2Cl2. The van der Waals surface area contributed by atoms with Crippen LogP contribution in [0.15, 0.2) is 0 Å². The molecule has 4 heteroatoms. The topological polar surface area (TPSA) is 0 Å². The molecule has 0 aliphatic carbocycles. The van der Waals surface area contributed by atoms with Gasteiger partial charge in [-0.15, -0.1) is 23.2 Å². The first-order valence-electron chi connectivity index (χ1n) is 2.65. The smallest absolute Gasteiger partial charge is 0.0900 e. The molecule has 56 valence electrons. The summed E-state index contributed by atoms with van der Waals surface area (Å²) in [6, 6.07) is 0. The summed E-state index contributed by atoms with van der Waals surface area (Å²) >= 11 is 18.0. The normalized spacial score (nSPS) is 17.3. The van der Waals surface area contributed by atoms with E-state index in [0.29, 0.717) is 0 Å². The maximum atomic E-state index is 5.83. The first kappa shape index (κ1) is 10.5. The van der Waals surface area contributed by atoms with Crippen molar-refractivity contribution in [3.05, 3.63) is 0 Å². The zero-order chi connectivity index (χ0) is 7.28. The van der Waals surface area contributed by atoms with Gasteiger partial charge in [0.25, 0.3) is 0 Å². The molecule has 9 heavy (non-hydrogen) atoms. The van der Waals surface area contributed by atoms with E-state index in [1.54, 1.807) is 0 Å². The SMILES string of the molecule is ClC(Br)CC(Cl)CCBr. The van der Waals surface area contributed by atoms with E-state index in [0.717, 1.165) is 18.2 Å². The molecule has 0 heterocycles. The van der Waals surface area contributed by atoms with Crippen LogP contribution in [0.1, 0.15) is 12.8 Å².